The number of benzene rings is 1. The minimum Gasteiger partial charge on any atom is -0.481 e. The highest BCUT2D eigenvalue weighted by atomic mass is 32.2. The van der Waals surface area contributed by atoms with Crippen molar-refractivity contribution in [3.05, 3.63) is 74.0 Å². The Morgan fingerprint density at radius 1 is 1.00 bits per heavy atom. The number of carbonyl (C=O) groups is 2. The first-order valence-electron chi connectivity index (χ1n) is 14.4. The minimum absolute atomic E-state index is 0.146. The third-order valence-electron chi connectivity index (χ3n) is 7.13. The van der Waals surface area contributed by atoms with Gasteiger partial charge in [0.25, 0.3) is 11.5 Å². The summed E-state index contributed by atoms with van der Waals surface area (Å²) in [5.41, 5.74) is 3.24. The molecule has 1 aromatic carbocycles. The SMILES string of the molecule is Cc1cc(C)cc(Oc2nc3c(C)cccn3c(=O)c2/C=C2/SC(=S)N(CCCCCCCCCCC(=O)O)C2=O)c1. The standard InChI is InChI=1S/C32H37N3O5S2/c1-21-17-22(2)19-24(18-21)40-29-25(30(38)34-16-12-13-23(3)28(34)33-29)20-26-31(39)35(32(41)42-26)15-11-9-7-5-4-6-8-10-14-27(36)37/h12-13,16-20H,4-11,14-15H2,1-3H3,(H,36,37)/b26-20+. The molecule has 0 spiro atoms. The Balaban J connectivity index is 1.46. The highest BCUT2D eigenvalue weighted by molar-refractivity contribution is 8.26. The number of aryl methyl sites for hydroxylation is 3. The van der Waals surface area contributed by atoms with Gasteiger partial charge < -0.3 is 9.84 Å². The molecule has 1 aliphatic heterocycles. The van der Waals surface area contributed by atoms with Crippen LogP contribution in [0.3, 0.4) is 0 Å². The zero-order chi connectivity index (χ0) is 30.2. The normalized spacial score (nSPS) is 14.4. The van der Waals surface area contributed by atoms with Gasteiger partial charge >= 0.3 is 5.97 Å². The minimum atomic E-state index is -0.733. The molecular weight excluding hydrogens is 571 g/mol. The Labute approximate surface area is 255 Å². The molecule has 2 aromatic heterocycles. The lowest BCUT2D eigenvalue weighted by Gasteiger charge is -2.14. The number of hydrogen-bond acceptors (Lipinski definition) is 7. The Kier molecular flexibility index (Phi) is 10.9. The zero-order valence-corrected chi connectivity index (χ0v) is 26.0. The van der Waals surface area contributed by atoms with E-state index < -0.39 is 5.97 Å². The summed E-state index contributed by atoms with van der Waals surface area (Å²) < 4.78 is 8.15. The van der Waals surface area contributed by atoms with Crippen molar-refractivity contribution in [1.82, 2.24) is 14.3 Å². The van der Waals surface area contributed by atoms with Crippen molar-refractivity contribution >= 4 is 51.9 Å². The average molecular weight is 608 g/mol. The molecule has 3 aromatic rings. The van der Waals surface area contributed by atoms with E-state index in [2.05, 4.69) is 0 Å². The van der Waals surface area contributed by atoms with Crippen molar-refractivity contribution in [2.75, 3.05) is 6.54 Å². The number of carbonyl (C=O) groups excluding carboxylic acids is 1. The molecule has 222 valence electrons. The fourth-order valence-electron chi connectivity index (χ4n) is 5.03. The van der Waals surface area contributed by atoms with E-state index in [9.17, 15) is 14.4 Å². The van der Waals surface area contributed by atoms with Crippen LogP contribution in [0.1, 0.15) is 80.0 Å². The summed E-state index contributed by atoms with van der Waals surface area (Å²) in [5, 5.41) is 8.71. The molecule has 1 aliphatic rings. The number of thioether (sulfide) groups is 1. The summed E-state index contributed by atoms with van der Waals surface area (Å²) in [4.78, 5) is 44.3. The van der Waals surface area contributed by atoms with Gasteiger partial charge in [-0.15, -0.1) is 0 Å². The van der Waals surface area contributed by atoms with Gasteiger partial charge in [-0.25, -0.2) is 0 Å². The van der Waals surface area contributed by atoms with Gasteiger partial charge in [0.05, 0.1) is 4.91 Å². The molecule has 1 N–H and O–H groups in total. The van der Waals surface area contributed by atoms with Crippen LogP contribution in [0.25, 0.3) is 11.7 Å². The van der Waals surface area contributed by atoms with Crippen LogP contribution >= 0.6 is 24.0 Å². The number of ether oxygens (including phenoxy) is 1. The topological polar surface area (TPSA) is 101 Å². The number of aromatic nitrogens is 2. The second kappa shape index (κ2) is 14.6. The number of fused-ring (bicyclic) bond motifs is 1. The van der Waals surface area contributed by atoms with Crippen molar-refractivity contribution in [3.8, 4) is 11.6 Å². The number of pyridine rings is 1. The Morgan fingerprint density at radius 3 is 2.31 bits per heavy atom. The lowest BCUT2D eigenvalue weighted by atomic mass is 10.1. The van der Waals surface area contributed by atoms with Crippen molar-refractivity contribution in [2.24, 2.45) is 0 Å². The highest BCUT2D eigenvalue weighted by Crippen LogP contribution is 2.34. The van der Waals surface area contributed by atoms with Gasteiger partial charge in [0.1, 0.15) is 21.3 Å². The van der Waals surface area contributed by atoms with Gasteiger partial charge in [0, 0.05) is 19.2 Å². The first-order valence-corrected chi connectivity index (χ1v) is 15.6. The number of aliphatic carboxylic acids is 1. The molecule has 8 nitrogen and oxygen atoms in total. The van der Waals surface area contributed by atoms with Crippen molar-refractivity contribution < 1.29 is 19.4 Å². The zero-order valence-electron chi connectivity index (χ0n) is 24.4. The molecule has 0 unspecified atom stereocenters. The molecular formula is C32H37N3O5S2. The summed E-state index contributed by atoms with van der Waals surface area (Å²) >= 11 is 6.73. The van der Waals surface area contributed by atoms with E-state index in [1.807, 2.05) is 45.0 Å². The van der Waals surface area contributed by atoms with Crippen LogP contribution in [0.2, 0.25) is 0 Å². The molecule has 4 rings (SSSR count). The fraction of sp³-hybridized carbons (Fsp3) is 0.406. The van der Waals surface area contributed by atoms with E-state index in [0.717, 1.165) is 68.1 Å². The number of hydrogen-bond donors (Lipinski definition) is 1. The molecule has 0 radical (unpaired) electrons. The first kappa shape index (κ1) is 31.4. The van der Waals surface area contributed by atoms with Crippen molar-refractivity contribution in [2.45, 2.75) is 78.6 Å². The summed E-state index contributed by atoms with van der Waals surface area (Å²) in [6, 6.07) is 9.49. The van der Waals surface area contributed by atoms with Crippen molar-refractivity contribution in [3.63, 3.8) is 0 Å². The fourth-order valence-corrected chi connectivity index (χ4v) is 6.32. The lowest BCUT2D eigenvalue weighted by molar-refractivity contribution is -0.137. The summed E-state index contributed by atoms with van der Waals surface area (Å²) in [6.45, 7) is 6.37. The molecule has 0 bridgehead atoms. The maximum absolute atomic E-state index is 13.7. The van der Waals surface area contributed by atoms with E-state index in [1.165, 1.54) is 16.2 Å². The Bertz CT molecular complexity index is 1560. The van der Waals surface area contributed by atoms with Crippen LogP contribution in [0.4, 0.5) is 0 Å². The number of amides is 1. The molecule has 0 saturated carbocycles. The number of carboxylic acids is 1. The van der Waals surface area contributed by atoms with Gasteiger partial charge in [-0.3, -0.25) is 23.7 Å². The molecule has 0 aliphatic carbocycles. The monoisotopic (exact) mass is 607 g/mol. The molecule has 42 heavy (non-hydrogen) atoms. The summed E-state index contributed by atoms with van der Waals surface area (Å²) in [6.07, 6.45) is 11.2. The van der Waals surface area contributed by atoms with Gasteiger partial charge in [-0.2, -0.15) is 4.98 Å². The van der Waals surface area contributed by atoms with Crippen LogP contribution in [-0.4, -0.2) is 42.1 Å². The molecule has 1 amide bonds. The van der Waals surface area contributed by atoms with E-state index >= 15 is 0 Å². The molecule has 3 heterocycles. The maximum Gasteiger partial charge on any atom is 0.303 e. The number of rotatable bonds is 14. The second-order valence-corrected chi connectivity index (χ2v) is 12.4. The van der Waals surface area contributed by atoms with E-state index in [1.54, 1.807) is 23.2 Å². The second-order valence-electron chi connectivity index (χ2n) is 10.8. The quantitative estimate of drug-likeness (QED) is 0.117. The Hall–Kier alpha value is -3.50. The molecule has 1 fully saturated rings. The van der Waals surface area contributed by atoms with Gasteiger partial charge in [-0.05, 0) is 74.6 Å². The number of thiocarbonyl (C=S) groups is 1. The largest absolute Gasteiger partial charge is 0.481 e. The lowest BCUT2D eigenvalue weighted by Crippen LogP contribution is -2.29. The van der Waals surface area contributed by atoms with Gasteiger partial charge in [0.2, 0.25) is 5.88 Å². The smallest absolute Gasteiger partial charge is 0.303 e. The third-order valence-corrected chi connectivity index (χ3v) is 8.51. The molecule has 1 saturated heterocycles. The van der Waals surface area contributed by atoms with Gasteiger partial charge in [0.15, 0.2) is 0 Å². The van der Waals surface area contributed by atoms with E-state index in [0.29, 0.717) is 27.2 Å². The van der Waals surface area contributed by atoms with Crippen LogP contribution in [0, 0.1) is 20.8 Å². The van der Waals surface area contributed by atoms with Crippen LogP contribution in [0.15, 0.2) is 46.2 Å². The van der Waals surface area contributed by atoms with Crippen molar-refractivity contribution in [1.29, 1.82) is 0 Å². The Morgan fingerprint density at radius 2 is 1.64 bits per heavy atom. The van der Waals surface area contributed by atoms with Crippen LogP contribution < -0.4 is 10.3 Å². The number of nitrogens with zero attached hydrogens (tertiary/aromatic N) is 3. The first-order chi connectivity index (χ1) is 20.1. The summed E-state index contributed by atoms with van der Waals surface area (Å²) in [5.74, 6) is -0.232. The van der Waals surface area contributed by atoms with Crippen LogP contribution in [0.5, 0.6) is 11.6 Å². The van der Waals surface area contributed by atoms with Gasteiger partial charge in [-0.1, -0.05) is 74.6 Å². The number of carboxylic acid groups (broad SMARTS) is 1. The predicted octanol–water partition coefficient (Wildman–Crippen LogP) is 7.21. The average Bonchev–Trinajstić information content (AvgIpc) is 3.19. The van der Waals surface area contributed by atoms with E-state index in [4.69, 9.17) is 27.0 Å². The maximum atomic E-state index is 13.7. The third kappa shape index (κ3) is 8.07. The predicted molar refractivity (Wildman–Crippen MR) is 171 cm³/mol. The highest BCUT2D eigenvalue weighted by Gasteiger charge is 2.32. The summed E-state index contributed by atoms with van der Waals surface area (Å²) in [7, 11) is 0. The van der Waals surface area contributed by atoms with Crippen LogP contribution in [-0.2, 0) is 9.59 Å². The molecule has 10 heteroatoms. The number of unbranched alkanes of at least 4 members (excludes halogenated alkanes) is 7. The van der Waals surface area contributed by atoms with E-state index in [-0.39, 0.29) is 29.3 Å². The molecule has 0 atom stereocenters.